The van der Waals surface area contributed by atoms with E-state index in [1.165, 1.54) is 6.20 Å². The van der Waals surface area contributed by atoms with E-state index in [2.05, 4.69) is 0 Å². The van der Waals surface area contributed by atoms with Crippen molar-refractivity contribution < 1.29 is 13.3 Å². The fraction of sp³-hybridized carbons (Fsp3) is 0.571. The van der Waals surface area contributed by atoms with Gasteiger partial charge in [0.2, 0.25) is 0 Å². The van der Waals surface area contributed by atoms with Gasteiger partial charge in [-0.3, -0.25) is 0 Å². The normalized spacial score (nSPS) is 12.1. The molecule has 1 rings (SSSR count). The summed E-state index contributed by atoms with van der Waals surface area (Å²) in [6, 6.07) is -2.80. The van der Waals surface area contributed by atoms with E-state index in [0.717, 1.165) is 11.5 Å². The Labute approximate surface area is 64.1 Å². The van der Waals surface area contributed by atoms with Crippen LogP contribution in [0.15, 0.2) is 12.4 Å². The van der Waals surface area contributed by atoms with Crippen LogP contribution in [-0.2, 0) is 13.1 Å². The van der Waals surface area contributed by atoms with Gasteiger partial charge in [0.25, 0.3) is 5.82 Å². The molecule has 1 heterocycles. The summed E-state index contributed by atoms with van der Waals surface area (Å²) in [5.41, 5.74) is 0. The molecular weight excluding hydrogens is 150 g/mol. The molecule has 0 N–H and O–H groups in total. The number of aromatic nitrogens is 2. The summed E-state index contributed by atoms with van der Waals surface area (Å²) in [5.74, 6) is 0.539. The van der Waals surface area contributed by atoms with Gasteiger partial charge in [-0.05, 0) is 0 Å². The number of aryl methyl sites for hydroxylation is 1. The van der Waals surface area contributed by atoms with Crippen molar-refractivity contribution in [3.8, 4) is 0 Å². The highest BCUT2D eigenvalue weighted by atomic mass is 19.3. The summed E-state index contributed by atoms with van der Waals surface area (Å²) >= 11 is 0. The minimum atomic E-state index is -2.80. The quantitative estimate of drug-likeness (QED) is 0.547. The highest BCUT2D eigenvalue weighted by molar-refractivity contribution is 4.82. The molecule has 0 spiro atoms. The van der Waals surface area contributed by atoms with Crippen LogP contribution in [0, 0.1) is 6.92 Å². The Hall–Kier alpha value is -0.930. The lowest BCUT2D eigenvalue weighted by Gasteiger charge is -2.06. The number of alkyl halides is 2. The van der Waals surface area contributed by atoms with Gasteiger partial charge in [0, 0.05) is 13.8 Å². The van der Waals surface area contributed by atoms with Crippen LogP contribution in [0.1, 0.15) is 12.7 Å². The van der Waals surface area contributed by atoms with Crippen molar-refractivity contribution in [3.05, 3.63) is 18.2 Å². The number of rotatable bonds is 1. The Kier molecular flexibility index (Phi) is 1.70. The molecule has 0 saturated carbocycles. The Morgan fingerprint density at radius 1 is 1.55 bits per heavy atom. The maximum atomic E-state index is 12.7. The topological polar surface area (TPSA) is 8.81 Å². The van der Waals surface area contributed by atoms with Crippen molar-refractivity contribution in [1.29, 1.82) is 0 Å². The molecule has 11 heavy (non-hydrogen) atoms. The van der Waals surface area contributed by atoms with Crippen LogP contribution in [0.25, 0.3) is 0 Å². The molecule has 0 atom stereocenters. The van der Waals surface area contributed by atoms with Gasteiger partial charge in [0.1, 0.15) is 12.4 Å². The lowest BCUT2D eigenvalue weighted by atomic mass is 10.5. The molecule has 0 aromatic carbocycles. The van der Waals surface area contributed by atoms with E-state index < -0.39 is 6.05 Å². The van der Waals surface area contributed by atoms with E-state index in [9.17, 15) is 8.78 Å². The zero-order valence-electron chi connectivity index (χ0n) is 6.81. The second kappa shape index (κ2) is 2.29. The lowest BCUT2D eigenvalue weighted by Crippen LogP contribution is -2.32. The first kappa shape index (κ1) is 8.17. The zero-order valence-corrected chi connectivity index (χ0v) is 6.81. The van der Waals surface area contributed by atoms with Crippen LogP contribution in [0.3, 0.4) is 0 Å². The van der Waals surface area contributed by atoms with E-state index in [1.807, 2.05) is 0 Å². The van der Waals surface area contributed by atoms with Crippen LogP contribution in [-0.4, -0.2) is 4.57 Å². The minimum Gasteiger partial charge on any atom is -0.237 e. The van der Waals surface area contributed by atoms with Crippen LogP contribution < -0.4 is 4.57 Å². The largest absolute Gasteiger partial charge is 0.394 e. The summed E-state index contributed by atoms with van der Waals surface area (Å²) in [4.78, 5) is 0. The fourth-order valence-electron chi connectivity index (χ4n) is 0.967. The first-order valence-electron chi connectivity index (χ1n) is 3.35. The molecule has 0 aliphatic carbocycles. The SMILES string of the molecule is Cc1n(C(C)(F)F)cc[n+]1C. The highest BCUT2D eigenvalue weighted by Gasteiger charge is 2.32. The number of halogens is 2. The molecule has 0 fully saturated rings. The van der Waals surface area contributed by atoms with Crippen LogP contribution in [0.2, 0.25) is 0 Å². The summed E-state index contributed by atoms with van der Waals surface area (Å²) in [6.07, 6.45) is 2.97. The molecule has 0 radical (unpaired) electrons. The molecule has 4 heteroatoms. The standard InChI is InChI=1S/C7H11F2N2/c1-6-10(3)4-5-11(6)7(2,8)9/h4-5H,1-3H3/q+1. The molecule has 0 saturated heterocycles. The Balaban J connectivity index is 3.15. The third-order valence-corrected chi connectivity index (χ3v) is 1.72. The third kappa shape index (κ3) is 1.39. The smallest absolute Gasteiger partial charge is 0.237 e. The van der Waals surface area contributed by atoms with Gasteiger partial charge in [-0.2, -0.15) is 13.3 Å². The van der Waals surface area contributed by atoms with Gasteiger partial charge in [-0.1, -0.05) is 0 Å². The van der Waals surface area contributed by atoms with Gasteiger partial charge < -0.3 is 0 Å². The highest BCUT2D eigenvalue weighted by Crippen LogP contribution is 2.19. The molecule has 0 aliphatic rings. The molecule has 1 aromatic heterocycles. The van der Waals surface area contributed by atoms with Gasteiger partial charge in [-0.25, -0.2) is 4.57 Å². The van der Waals surface area contributed by atoms with Crippen molar-refractivity contribution >= 4 is 0 Å². The van der Waals surface area contributed by atoms with Crippen LogP contribution in [0.4, 0.5) is 8.78 Å². The van der Waals surface area contributed by atoms with E-state index in [1.54, 1.807) is 24.7 Å². The van der Waals surface area contributed by atoms with E-state index in [-0.39, 0.29) is 0 Å². The Morgan fingerprint density at radius 3 is 2.27 bits per heavy atom. The first-order valence-corrected chi connectivity index (χ1v) is 3.35. The van der Waals surface area contributed by atoms with Crippen molar-refractivity contribution in [1.82, 2.24) is 4.57 Å². The molecule has 0 bridgehead atoms. The fourth-order valence-corrected chi connectivity index (χ4v) is 0.967. The maximum absolute atomic E-state index is 12.7. The van der Waals surface area contributed by atoms with Crippen molar-refractivity contribution in [2.75, 3.05) is 0 Å². The monoisotopic (exact) mass is 161 g/mol. The molecule has 1 aromatic rings. The summed E-state index contributed by atoms with van der Waals surface area (Å²) in [6.45, 7) is 2.53. The van der Waals surface area contributed by atoms with Gasteiger partial charge in [-0.15, -0.1) is 0 Å². The maximum Gasteiger partial charge on any atom is 0.394 e. The number of hydrogen-bond donors (Lipinski definition) is 0. The summed E-state index contributed by atoms with van der Waals surface area (Å²) in [5, 5.41) is 0. The zero-order chi connectivity index (χ0) is 8.65. The second-order valence-electron chi connectivity index (χ2n) is 2.67. The van der Waals surface area contributed by atoms with E-state index >= 15 is 0 Å². The average Bonchev–Trinajstić information content (AvgIpc) is 2.11. The van der Waals surface area contributed by atoms with Gasteiger partial charge in [0.05, 0.1) is 7.05 Å². The number of imidazole rings is 1. The lowest BCUT2D eigenvalue weighted by molar-refractivity contribution is -0.678. The molecule has 0 unspecified atom stereocenters. The predicted molar refractivity (Wildman–Crippen MR) is 36.2 cm³/mol. The van der Waals surface area contributed by atoms with E-state index in [0.29, 0.717) is 5.82 Å². The predicted octanol–water partition coefficient (Wildman–Crippen LogP) is 1.19. The Bertz CT molecular complexity index is 260. The second-order valence-corrected chi connectivity index (χ2v) is 2.67. The van der Waals surface area contributed by atoms with Crippen molar-refractivity contribution in [3.63, 3.8) is 0 Å². The summed E-state index contributed by atoms with van der Waals surface area (Å²) < 4.78 is 27.9. The molecule has 0 aliphatic heterocycles. The molecule has 0 amide bonds. The molecular formula is C7H11F2N2+. The third-order valence-electron chi connectivity index (χ3n) is 1.72. The number of nitrogens with zero attached hydrogens (tertiary/aromatic N) is 2. The molecule has 62 valence electrons. The Morgan fingerprint density at radius 2 is 2.09 bits per heavy atom. The molecule has 2 nitrogen and oxygen atoms in total. The van der Waals surface area contributed by atoms with Crippen molar-refractivity contribution in [2.45, 2.75) is 19.9 Å². The van der Waals surface area contributed by atoms with Crippen LogP contribution >= 0.6 is 0 Å². The van der Waals surface area contributed by atoms with Gasteiger partial charge in [0.15, 0.2) is 0 Å². The van der Waals surface area contributed by atoms with Crippen molar-refractivity contribution in [2.24, 2.45) is 7.05 Å². The van der Waals surface area contributed by atoms with Gasteiger partial charge >= 0.3 is 6.05 Å². The number of hydrogen-bond acceptors (Lipinski definition) is 0. The first-order chi connectivity index (χ1) is 4.93. The minimum absolute atomic E-state index is 0.539. The van der Waals surface area contributed by atoms with E-state index in [4.69, 9.17) is 0 Å². The van der Waals surface area contributed by atoms with Crippen LogP contribution in [0.5, 0.6) is 0 Å². The summed E-state index contributed by atoms with van der Waals surface area (Å²) in [7, 11) is 1.73. The average molecular weight is 161 g/mol.